The van der Waals surface area contributed by atoms with Gasteiger partial charge in [0.15, 0.2) is 5.76 Å². The fourth-order valence-corrected chi connectivity index (χ4v) is 4.48. The van der Waals surface area contributed by atoms with E-state index in [0.717, 1.165) is 23.1 Å². The van der Waals surface area contributed by atoms with Crippen molar-refractivity contribution in [2.75, 3.05) is 20.1 Å². The maximum Gasteiger partial charge on any atom is 0.289 e. The Hall–Kier alpha value is -3.61. The van der Waals surface area contributed by atoms with Gasteiger partial charge in [-0.25, -0.2) is 4.39 Å². The summed E-state index contributed by atoms with van der Waals surface area (Å²) in [5.41, 5.74) is 2.97. The summed E-state index contributed by atoms with van der Waals surface area (Å²) in [7, 11) is 1.72. The summed E-state index contributed by atoms with van der Waals surface area (Å²) in [4.78, 5) is 28.9. The second-order valence-corrected chi connectivity index (χ2v) is 9.62. The van der Waals surface area contributed by atoms with Crippen molar-refractivity contribution >= 4 is 11.8 Å². The lowest BCUT2D eigenvalue weighted by Gasteiger charge is -2.38. The fraction of sp³-hybridized carbons (Fsp3) is 0.379. The summed E-state index contributed by atoms with van der Waals surface area (Å²) in [6.45, 7) is 7.32. The number of furan rings is 1. The maximum absolute atomic E-state index is 13.7. The van der Waals surface area contributed by atoms with Gasteiger partial charge in [0.25, 0.3) is 5.91 Å². The summed E-state index contributed by atoms with van der Waals surface area (Å²) >= 11 is 0. The molecule has 2 aromatic carbocycles. The molecule has 1 aliphatic heterocycles. The molecule has 2 amide bonds. The van der Waals surface area contributed by atoms with E-state index < -0.39 is 0 Å². The lowest BCUT2D eigenvalue weighted by molar-refractivity contribution is -0.134. The van der Waals surface area contributed by atoms with Crippen molar-refractivity contribution in [3.63, 3.8) is 0 Å². The van der Waals surface area contributed by atoms with Crippen LogP contribution >= 0.6 is 0 Å². The molecule has 1 atom stereocenters. The maximum atomic E-state index is 13.7. The van der Waals surface area contributed by atoms with Crippen LogP contribution in [0.25, 0.3) is 0 Å². The highest BCUT2D eigenvalue weighted by Gasteiger charge is 2.32. The molecule has 0 bridgehead atoms. The zero-order chi connectivity index (χ0) is 25.8. The molecular weight excluding hydrogens is 459 g/mol. The first-order chi connectivity index (χ1) is 17.3. The number of ether oxygens (including phenoxy) is 1. The van der Waals surface area contributed by atoms with Gasteiger partial charge >= 0.3 is 0 Å². The Labute approximate surface area is 211 Å². The van der Waals surface area contributed by atoms with E-state index in [0.29, 0.717) is 31.0 Å². The number of benzene rings is 2. The topological polar surface area (TPSA) is 63.0 Å². The minimum atomic E-state index is -0.318. The number of hydrogen-bond acceptors (Lipinski definition) is 4. The molecule has 6 nitrogen and oxygen atoms in total. The van der Waals surface area contributed by atoms with Gasteiger partial charge in [-0.05, 0) is 72.4 Å². The summed E-state index contributed by atoms with van der Waals surface area (Å²) in [5, 5.41) is 0. The van der Waals surface area contributed by atoms with Crippen LogP contribution in [0, 0.1) is 11.7 Å². The Balaban J connectivity index is 1.59. The van der Waals surface area contributed by atoms with Crippen molar-refractivity contribution in [3.8, 4) is 5.75 Å². The number of carbonyl (C=O) groups excluding carboxylic acids is 2. The van der Waals surface area contributed by atoms with Crippen molar-refractivity contribution in [2.45, 2.75) is 46.3 Å². The average Bonchev–Trinajstić information content (AvgIpc) is 3.35. The number of rotatable bonds is 8. The fourth-order valence-electron chi connectivity index (χ4n) is 4.48. The van der Waals surface area contributed by atoms with E-state index in [1.165, 1.54) is 12.1 Å². The van der Waals surface area contributed by atoms with Gasteiger partial charge in [-0.3, -0.25) is 9.59 Å². The highest BCUT2D eigenvalue weighted by molar-refractivity contribution is 5.91. The van der Waals surface area contributed by atoms with Gasteiger partial charge in [-0.15, -0.1) is 0 Å². The van der Waals surface area contributed by atoms with E-state index in [4.69, 9.17) is 9.15 Å². The zero-order valence-electron chi connectivity index (χ0n) is 21.3. The molecule has 0 saturated carbocycles. The monoisotopic (exact) mass is 492 g/mol. The van der Waals surface area contributed by atoms with Crippen LogP contribution in [-0.4, -0.2) is 41.8 Å². The van der Waals surface area contributed by atoms with E-state index in [2.05, 4.69) is 0 Å². The third kappa shape index (κ3) is 5.61. The minimum absolute atomic E-state index is 0.0844. The highest BCUT2D eigenvalue weighted by atomic mass is 19.1. The van der Waals surface area contributed by atoms with Crippen LogP contribution < -0.4 is 4.74 Å². The van der Waals surface area contributed by atoms with Crippen molar-refractivity contribution < 1.29 is 23.1 Å². The molecular formula is C29H33FN2O4. The smallest absolute Gasteiger partial charge is 0.289 e. The van der Waals surface area contributed by atoms with Crippen molar-refractivity contribution in [1.29, 1.82) is 0 Å². The van der Waals surface area contributed by atoms with Gasteiger partial charge in [0.2, 0.25) is 5.91 Å². The average molecular weight is 493 g/mol. The van der Waals surface area contributed by atoms with E-state index in [-0.39, 0.29) is 42.0 Å². The van der Waals surface area contributed by atoms with Crippen LogP contribution in [0.1, 0.15) is 66.2 Å². The first-order valence-corrected chi connectivity index (χ1v) is 12.4. The molecule has 36 heavy (non-hydrogen) atoms. The van der Waals surface area contributed by atoms with Crippen LogP contribution in [0.2, 0.25) is 0 Å². The third-order valence-electron chi connectivity index (χ3n) is 6.51. The number of fused-ring (bicyclic) bond motifs is 1. The van der Waals surface area contributed by atoms with E-state index in [1.807, 2.05) is 43.9 Å². The van der Waals surface area contributed by atoms with Crippen molar-refractivity contribution in [1.82, 2.24) is 9.80 Å². The number of nitrogens with zero attached hydrogens (tertiary/aromatic N) is 2. The number of carbonyl (C=O) groups is 2. The van der Waals surface area contributed by atoms with E-state index in [9.17, 15) is 14.0 Å². The molecule has 4 rings (SSSR count). The van der Waals surface area contributed by atoms with Gasteiger partial charge in [-0.2, -0.15) is 0 Å². The van der Waals surface area contributed by atoms with Crippen LogP contribution in [-0.2, 0) is 17.8 Å². The largest absolute Gasteiger partial charge is 0.486 e. The Morgan fingerprint density at radius 3 is 2.58 bits per heavy atom. The van der Waals surface area contributed by atoms with Crippen molar-refractivity contribution in [3.05, 3.63) is 88.6 Å². The quantitative estimate of drug-likeness (QED) is 0.410. The molecule has 7 heteroatoms. The number of halogens is 1. The second-order valence-electron chi connectivity index (χ2n) is 9.62. The molecule has 0 radical (unpaired) electrons. The predicted molar refractivity (Wildman–Crippen MR) is 135 cm³/mol. The van der Waals surface area contributed by atoms with Gasteiger partial charge in [0, 0.05) is 26.6 Å². The zero-order valence-corrected chi connectivity index (χ0v) is 21.3. The first kappa shape index (κ1) is 25.5. The molecule has 0 fully saturated rings. The molecule has 0 aliphatic carbocycles. The predicted octanol–water partition coefficient (Wildman–Crippen LogP) is 5.61. The lowest BCUT2D eigenvalue weighted by Crippen LogP contribution is -2.41. The molecule has 0 spiro atoms. The van der Waals surface area contributed by atoms with Gasteiger partial charge in [-0.1, -0.05) is 32.0 Å². The van der Waals surface area contributed by atoms with Crippen molar-refractivity contribution in [2.24, 2.45) is 5.92 Å². The van der Waals surface area contributed by atoms with Crippen LogP contribution in [0.5, 0.6) is 5.75 Å². The third-order valence-corrected chi connectivity index (χ3v) is 6.51. The summed E-state index contributed by atoms with van der Waals surface area (Å²) in [6, 6.07) is 15.3. The Kier molecular flexibility index (Phi) is 7.77. The Bertz CT molecular complexity index is 1220. The second kappa shape index (κ2) is 11.0. The standard InChI is InChI=1S/C29H33FN2O4/c1-5-31(4)29(34)26-13-12-24(36-26)18-35-23-11-8-20-14-15-32(27(33)16-19(2)3)28(25(20)17-23)21-6-9-22(30)10-7-21/h6-13,17,19,28H,5,14-16,18H2,1-4H3/t28-/m0/s1. The molecule has 3 aromatic rings. The van der Waals surface area contributed by atoms with E-state index >= 15 is 0 Å². The molecule has 0 unspecified atom stereocenters. The van der Waals surface area contributed by atoms with E-state index in [1.54, 1.807) is 36.2 Å². The minimum Gasteiger partial charge on any atom is -0.486 e. The van der Waals surface area contributed by atoms with Crippen LogP contribution in [0.3, 0.4) is 0 Å². The van der Waals surface area contributed by atoms with Crippen LogP contribution in [0.15, 0.2) is 59.0 Å². The first-order valence-electron chi connectivity index (χ1n) is 12.4. The Morgan fingerprint density at radius 1 is 1.14 bits per heavy atom. The van der Waals surface area contributed by atoms with Gasteiger partial charge < -0.3 is 19.0 Å². The Morgan fingerprint density at radius 2 is 1.89 bits per heavy atom. The lowest BCUT2D eigenvalue weighted by atomic mass is 9.87. The molecule has 2 heterocycles. The molecule has 1 aliphatic rings. The molecule has 1 aromatic heterocycles. The SMILES string of the molecule is CCN(C)C(=O)c1ccc(COc2ccc3c(c2)[C@H](c2ccc(F)cc2)N(C(=O)CC(C)C)CC3)o1. The number of amides is 2. The normalized spacial score (nSPS) is 15.1. The molecule has 190 valence electrons. The summed E-state index contributed by atoms with van der Waals surface area (Å²) < 4.78 is 25.4. The van der Waals surface area contributed by atoms with Gasteiger partial charge in [0.05, 0.1) is 6.04 Å². The number of hydrogen-bond donors (Lipinski definition) is 0. The van der Waals surface area contributed by atoms with Crippen LogP contribution in [0.4, 0.5) is 4.39 Å². The van der Waals surface area contributed by atoms with Gasteiger partial charge in [0.1, 0.15) is 23.9 Å². The highest BCUT2D eigenvalue weighted by Crippen LogP contribution is 2.38. The summed E-state index contributed by atoms with van der Waals surface area (Å²) in [5.74, 6) is 1.29. The molecule has 0 saturated heterocycles. The summed E-state index contributed by atoms with van der Waals surface area (Å²) in [6.07, 6.45) is 1.20. The molecule has 0 N–H and O–H groups in total.